The topological polar surface area (TPSA) is 55.7 Å². The number of benzene rings is 13. The van der Waals surface area contributed by atoms with Crippen molar-refractivity contribution in [3.8, 4) is 45.3 Å². The van der Waals surface area contributed by atoms with E-state index < -0.39 is 0 Å². The Morgan fingerprint density at radius 2 is 0.479 bits per heavy atom. The molecule has 0 bridgehead atoms. The van der Waals surface area contributed by atoms with Gasteiger partial charge in [-0.2, -0.15) is 172 Å². The molecule has 0 amide bonds. The van der Waals surface area contributed by atoms with E-state index in [1.54, 1.807) is 0 Å². The summed E-state index contributed by atoms with van der Waals surface area (Å²) in [5.41, 5.74) is 21.6. The monoisotopic (exact) mass is 1860 g/mol. The molecular formula is C111H112Hf2N4-4. The van der Waals surface area contributed by atoms with Gasteiger partial charge in [-0.25, -0.2) is 0 Å². The average molecular weight is 1860 g/mol. The van der Waals surface area contributed by atoms with Gasteiger partial charge in [-0.05, 0) is 153 Å². The van der Waals surface area contributed by atoms with Crippen LogP contribution in [0.3, 0.4) is 0 Å². The minimum atomic E-state index is 0. The molecule has 4 heterocycles. The maximum absolute atomic E-state index is 5.07. The molecule has 17 aromatic rings. The van der Waals surface area contributed by atoms with Gasteiger partial charge in [0.25, 0.3) is 0 Å². The van der Waals surface area contributed by atoms with Gasteiger partial charge in [0, 0.05) is 55.2 Å². The van der Waals surface area contributed by atoms with E-state index in [4.69, 9.17) is 4.98 Å². The van der Waals surface area contributed by atoms with Crippen molar-refractivity contribution in [2.75, 3.05) is 0 Å². The van der Waals surface area contributed by atoms with Gasteiger partial charge in [0.1, 0.15) is 0 Å². The van der Waals surface area contributed by atoms with Gasteiger partial charge in [-0.3, -0.25) is 9.97 Å². The maximum atomic E-state index is 5.07. The Hall–Kier alpha value is -11.4. The van der Waals surface area contributed by atoms with Crippen LogP contribution >= 0.6 is 0 Å². The van der Waals surface area contributed by atoms with E-state index in [-0.39, 0.29) is 73.3 Å². The average Bonchev–Trinajstić information content (AvgIpc) is 1.72. The Labute approximate surface area is 738 Å². The predicted octanol–water partition coefficient (Wildman–Crippen LogP) is 30.0. The van der Waals surface area contributed by atoms with Crippen molar-refractivity contribution in [2.45, 2.75) is 105 Å². The molecule has 0 aliphatic rings. The van der Waals surface area contributed by atoms with Crippen LogP contribution in [0.5, 0.6) is 0 Å². The first kappa shape index (κ1) is 92.8. The summed E-state index contributed by atoms with van der Waals surface area (Å²) in [5.74, 6) is 0. The van der Waals surface area contributed by atoms with E-state index in [9.17, 15) is 0 Å². The molecule has 0 atom stereocenters. The summed E-state index contributed by atoms with van der Waals surface area (Å²) >= 11 is 0. The Kier molecular flexibility index (Phi) is 35.4. The number of pyridine rings is 2. The smallest absolute Gasteiger partial charge is 0.656 e. The van der Waals surface area contributed by atoms with E-state index in [1.165, 1.54) is 76.5 Å². The van der Waals surface area contributed by atoms with Crippen LogP contribution in [0.25, 0.3) is 88.4 Å². The molecule has 1 N–H and O–H groups in total. The number of aromatic nitrogens is 4. The fraction of sp³-hybridized carbons (Fsp3) is 0.144. The van der Waals surface area contributed by atoms with Gasteiger partial charge in [0.05, 0.1) is 11.4 Å². The number of hydrogen-bond donors (Lipinski definition) is 1. The van der Waals surface area contributed by atoms with Gasteiger partial charge < -0.3 is 9.97 Å². The molecule has 0 aliphatic heterocycles. The molecule has 0 spiro atoms. The number of hydrogen-bond acceptors (Lipinski definition) is 2. The Morgan fingerprint density at radius 1 is 0.239 bits per heavy atom. The van der Waals surface area contributed by atoms with Gasteiger partial charge >= 0.3 is 25.8 Å². The van der Waals surface area contributed by atoms with Crippen LogP contribution in [0, 0.1) is 48.5 Å². The van der Waals surface area contributed by atoms with Crippen molar-refractivity contribution in [3.63, 3.8) is 0 Å². The number of H-pyrrole nitrogens is 1. The second-order valence-corrected chi connectivity index (χ2v) is 32.6. The number of rotatable bonds is 4. The summed E-state index contributed by atoms with van der Waals surface area (Å²) in [6.07, 6.45) is 3.66. The zero-order chi connectivity index (χ0) is 82.6. The van der Waals surface area contributed by atoms with Crippen LogP contribution in [-0.4, -0.2) is 15.0 Å². The van der Waals surface area contributed by atoms with Crippen molar-refractivity contribution in [1.29, 1.82) is 0 Å². The van der Waals surface area contributed by atoms with E-state index >= 15 is 0 Å². The molecule has 0 aliphatic carbocycles. The second kappa shape index (κ2) is 44.6. The van der Waals surface area contributed by atoms with Gasteiger partial charge in [0.15, 0.2) is 0 Å². The van der Waals surface area contributed by atoms with Crippen LogP contribution in [0.4, 0.5) is 0 Å². The normalized spacial score (nSPS) is 10.7. The Bertz CT molecular complexity index is 4980. The first-order valence-corrected chi connectivity index (χ1v) is 39.3. The summed E-state index contributed by atoms with van der Waals surface area (Å²) in [5, 5.41) is 10.1. The summed E-state index contributed by atoms with van der Waals surface area (Å²) in [6.45, 7) is 53.3. The number of aromatic amines is 1. The van der Waals surface area contributed by atoms with Crippen molar-refractivity contribution in [2.24, 2.45) is 0 Å². The molecule has 4 aromatic heterocycles. The van der Waals surface area contributed by atoms with Crippen molar-refractivity contribution < 1.29 is 51.7 Å². The van der Waals surface area contributed by atoms with Gasteiger partial charge in [-0.1, -0.05) is 210 Å². The number of fused-ring (bicyclic) bond motifs is 4. The SMILES string of the molecule is CC(C)(C)c1ccc2cc3ccc(C(C)(C)C)cc3c(-c3ccc(-c4ccccn4)[n-]3)c2c1.CC(C)(C)c1ccc2cc3ccc(C(C)(C)C)cc3c(-c3ccc(-c4ccccn4)[nH]3)c2c1.[CH2-]c1ccccc1.[CH2-]c1ccccc1.[CH2-]c1ccccc1.[CH2-]c1ccccc1.[CH2-]c1ccccc1.[CH2-]c1ccccc1.[CH2-]c1ccccc1.[Hf+4].[Hf]. The summed E-state index contributed by atoms with van der Waals surface area (Å²) in [7, 11) is 0. The standard InChI is InChI=1S/C31H32N2.C31H31N2.7C7H7.2Hf/c2*1-30(2,3)22-12-10-20-17-21-11-13-23(31(4,5)6)19-25(21)29(24(20)18-22)28-15-14-27(33-28)26-9-7-8-16-32-26;7*1-7-5-3-2-4-6-7;;/h7-19,33H,1-6H3;7-19H,1-6H3;7*2-6H,1H2;;/q;8*-1;;+4. The quantitative estimate of drug-likeness (QED) is 0.109. The third-order valence-corrected chi connectivity index (χ3v) is 19.0. The number of nitrogens with one attached hydrogen (secondary N) is 1. The van der Waals surface area contributed by atoms with E-state index in [2.05, 4.69) is 256 Å². The summed E-state index contributed by atoms with van der Waals surface area (Å²) in [6, 6.07) is 122. The Balaban J connectivity index is 0.000000204. The van der Waals surface area contributed by atoms with Crippen molar-refractivity contribution >= 4 is 43.1 Å². The molecule has 0 unspecified atom stereocenters. The minimum Gasteiger partial charge on any atom is -0.656 e. The zero-order valence-corrected chi connectivity index (χ0v) is 77.7. The molecule has 117 heavy (non-hydrogen) atoms. The first-order chi connectivity index (χ1) is 55.0. The van der Waals surface area contributed by atoms with Crippen LogP contribution in [-0.2, 0) is 73.3 Å². The summed E-state index contributed by atoms with van der Waals surface area (Å²) < 4.78 is 0. The van der Waals surface area contributed by atoms with Gasteiger partial charge in [0.2, 0.25) is 0 Å². The molecular weight excluding hydrogens is 1750 g/mol. The van der Waals surface area contributed by atoms with Crippen LogP contribution in [0.2, 0.25) is 0 Å². The molecule has 0 radical (unpaired) electrons. The van der Waals surface area contributed by atoms with Crippen molar-refractivity contribution in [1.82, 2.24) is 19.9 Å². The fourth-order valence-electron chi connectivity index (χ4n) is 12.4. The summed E-state index contributed by atoms with van der Waals surface area (Å²) in [4.78, 5) is 17.8. The molecule has 0 saturated carbocycles. The molecule has 0 fully saturated rings. The fourth-order valence-corrected chi connectivity index (χ4v) is 12.4. The molecule has 0 saturated heterocycles. The molecule has 17 rings (SSSR count). The second-order valence-electron chi connectivity index (χ2n) is 32.6. The van der Waals surface area contributed by atoms with E-state index in [1.807, 2.05) is 261 Å². The van der Waals surface area contributed by atoms with Crippen LogP contribution in [0.1, 0.15) is 144 Å². The molecule has 6 heteroatoms. The van der Waals surface area contributed by atoms with Crippen LogP contribution < -0.4 is 4.98 Å². The molecule has 4 nitrogen and oxygen atoms in total. The minimum absolute atomic E-state index is 0. The number of nitrogens with zero attached hydrogens (tertiary/aromatic N) is 3. The largest absolute Gasteiger partial charge is 4.00 e. The van der Waals surface area contributed by atoms with E-state index in [0.29, 0.717) is 0 Å². The molecule has 588 valence electrons. The van der Waals surface area contributed by atoms with Gasteiger partial charge in [-0.15, -0.1) is 96.3 Å². The third-order valence-electron chi connectivity index (χ3n) is 19.0. The van der Waals surface area contributed by atoms with Crippen molar-refractivity contribution in [3.05, 3.63) is 480 Å². The third kappa shape index (κ3) is 29.1. The maximum Gasteiger partial charge on any atom is 4.00 e. The Morgan fingerprint density at radius 3 is 0.718 bits per heavy atom. The first-order valence-electron chi connectivity index (χ1n) is 39.3. The molecule has 13 aromatic carbocycles. The zero-order valence-electron chi connectivity index (χ0n) is 70.5. The van der Waals surface area contributed by atoms with Crippen LogP contribution in [0.15, 0.2) is 370 Å². The van der Waals surface area contributed by atoms with E-state index in [0.717, 1.165) is 73.1 Å². The predicted molar refractivity (Wildman–Crippen MR) is 499 cm³/mol.